The van der Waals surface area contributed by atoms with Crippen LogP contribution >= 0.6 is 0 Å². The maximum absolute atomic E-state index is 12.6. The molecular weight excluding hydrogens is 266 g/mol. The highest BCUT2D eigenvalue weighted by molar-refractivity contribution is 5.99. The van der Waals surface area contributed by atoms with E-state index in [1.807, 2.05) is 51.3 Å². The van der Waals surface area contributed by atoms with Crippen molar-refractivity contribution >= 4 is 11.6 Å². The molecule has 2 atom stereocenters. The SMILES string of the molecule is CNC[C@@H]1Oc2c(cccc2N(C)C)C(=O)N(C)C[C@H]1C. The monoisotopic (exact) mass is 291 g/mol. The molecular formula is C16H25N3O2. The molecule has 0 radical (unpaired) electrons. The Balaban J connectivity index is 2.52. The third kappa shape index (κ3) is 3.13. The predicted molar refractivity (Wildman–Crippen MR) is 85.2 cm³/mol. The van der Waals surface area contributed by atoms with Gasteiger partial charge in [0.25, 0.3) is 5.91 Å². The molecule has 5 heteroatoms. The van der Waals surface area contributed by atoms with Gasteiger partial charge in [-0.1, -0.05) is 13.0 Å². The predicted octanol–water partition coefficient (Wildman–Crippen LogP) is 1.44. The maximum atomic E-state index is 12.6. The second kappa shape index (κ2) is 6.35. The number of likely N-dealkylation sites (N-methyl/N-ethyl adjacent to an activating group) is 1. The summed E-state index contributed by atoms with van der Waals surface area (Å²) in [5.74, 6) is 0.962. The number of nitrogens with one attached hydrogen (secondary N) is 1. The van der Waals surface area contributed by atoms with Gasteiger partial charge in [0.05, 0.1) is 11.3 Å². The Morgan fingerprint density at radius 2 is 2.14 bits per heavy atom. The molecule has 1 N–H and O–H groups in total. The van der Waals surface area contributed by atoms with Crippen LogP contribution in [0.5, 0.6) is 5.75 Å². The van der Waals surface area contributed by atoms with Gasteiger partial charge >= 0.3 is 0 Å². The standard InChI is InChI=1S/C16H25N3O2/c1-11-10-19(5)16(20)12-7-6-8-13(18(3)4)15(12)21-14(11)9-17-2/h6-8,11,14,17H,9-10H2,1-5H3/t11-,14+/m1/s1. The van der Waals surface area contributed by atoms with Crippen molar-refractivity contribution in [1.29, 1.82) is 0 Å². The molecule has 0 aliphatic carbocycles. The van der Waals surface area contributed by atoms with Gasteiger partial charge in [-0.2, -0.15) is 0 Å². The van der Waals surface area contributed by atoms with Crippen molar-refractivity contribution in [3.63, 3.8) is 0 Å². The minimum absolute atomic E-state index is 0.0171. The van der Waals surface area contributed by atoms with Gasteiger partial charge in [0, 0.05) is 40.2 Å². The average molecular weight is 291 g/mol. The molecule has 1 aliphatic rings. The number of ether oxygens (including phenoxy) is 1. The van der Waals surface area contributed by atoms with Gasteiger partial charge in [0.2, 0.25) is 0 Å². The Labute approximate surface area is 126 Å². The Bertz CT molecular complexity index is 516. The number of carbonyl (C=O) groups is 1. The van der Waals surface area contributed by atoms with Crippen molar-refractivity contribution in [2.24, 2.45) is 5.92 Å². The van der Waals surface area contributed by atoms with Crippen molar-refractivity contribution in [1.82, 2.24) is 10.2 Å². The van der Waals surface area contributed by atoms with Crippen LogP contribution in [-0.4, -0.2) is 58.2 Å². The summed E-state index contributed by atoms with van der Waals surface area (Å²) in [7, 11) is 7.69. The van der Waals surface area contributed by atoms with Crippen LogP contribution in [0.2, 0.25) is 0 Å². The third-order valence-electron chi connectivity index (χ3n) is 3.92. The maximum Gasteiger partial charge on any atom is 0.257 e. The van der Waals surface area contributed by atoms with Crippen LogP contribution in [0.25, 0.3) is 0 Å². The second-order valence-corrected chi connectivity index (χ2v) is 5.93. The molecule has 2 rings (SSSR count). The van der Waals surface area contributed by atoms with Crippen LogP contribution in [0.15, 0.2) is 18.2 Å². The first-order chi connectivity index (χ1) is 9.95. The normalized spacial score (nSPS) is 22.1. The number of hydrogen-bond donors (Lipinski definition) is 1. The Morgan fingerprint density at radius 1 is 1.43 bits per heavy atom. The summed E-state index contributed by atoms with van der Waals surface area (Å²) < 4.78 is 6.25. The van der Waals surface area contributed by atoms with E-state index >= 15 is 0 Å². The summed E-state index contributed by atoms with van der Waals surface area (Å²) in [6.07, 6.45) is 0.0328. The van der Waals surface area contributed by atoms with Crippen molar-refractivity contribution in [3.05, 3.63) is 23.8 Å². The van der Waals surface area contributed by atoms with E-state index < -0.39 is 0 Å². The van der Waals surface area contributed by atoms with Crippen LogP contribution in [0.4, 0.5) is 5.69 Å². The lowest BCUT2D eigenvalue weighted by atomic mass is 10.0. The van der Waals surface area contributed by atoms with Gasteiger partial charge in [-0.3, -0.25) is 4.79 Å². The van der Waals surface area contributed by atoms with Crippen LogP contribution < -0.4 is 15.0 Å². The van der Waals surface area contributed by atoms with E-state index in [4.69, 9.17) is 4.74 Å². The summed E-state index contributed by atoms with van der Waals surface area (Å²) in [6, 6.07) is 5.73. The van der Waals surface area contributed by atoms with E-state index in [9.17, 15) is 4.79 Å². The zero-order chi connectivity index (χ0) is 15.6. The van der Waals surface area contributed by atoms with Crippen LogP contribution in [0.1, 0.15) is 17.3 Å². The zero-order valence-electron chi connectivity index (χ0n) is 13.5. The van der Waals surface area contributed by atoms with Gasteiger partial charge in [-0.25, -0.2) is 0 Å². The number of hydrogen-bond acceptors (Lipinski definition) is 4. The van der Waals surface area contributed by atoms with Gasteiger partial charge in [-0.05, 0) is 19.2 Å². The summed E-state index contributed by atoms with van der Waals surface area (Å²) in [6.45, 7) is 3.57. The van der Waals surface area contributed by atoms with Crippen LogP contribution in [-0.2, 0) is 0 Å². The molecule has 1 aliphatic heterocycles. The number of anilines is 1. The van der Waals surface area contributed by atoms with Gasteiger partial charge in [0.1, 0.15) is 6.10 Å². The van der Waals surface area contributed by atoms with Crippen molar-refractivity contribution in [3.8, 4) is 5.75 Å². The lowest BCUT2D eigenvalue weighted by Crippen LogP contribution is -2.44. The number of para-hydroxylation sites is 1. The molecule has 1 aromatic rings. The van der Waals surface area contributed by atoms with Crippen molar-refractivity contribution in [2.75, 3.05) is 46.2 Å². The van der Waals surface area contributed by atoms with E-state index in [0.717, 1.165) is 12.2 Å². The molecule has 0 spiro atoms. The molecule has 0 saturated carbocycles. The number of fused-ring (bicyclic) bond motifs is 1. The number of amides is 1. The first-order valence-electron chi connectivity index (χ1n) is 7.32. The molecule has 116 valence electrons. The minimum Gasteiger partial charge on any atom is -0.486 e. The number of carbonyl (C=O) groups excluding carboxylic acids is 1. The average Bonchev–Trinajstić information content (AvgIpc) is 2.44. The fourth-order valence-corrected chi connectivity index (χ4v) is 2.72. The first kappa shape index (κ1) is 15.6. The molecule has 0 unspecified atom stereocenters. The van der Waals surface area contributed by atoms with Crippen molar-refractivity contribution in [2.45, 2.75) is 13.0 Å². The molecule has 1 amide bonds. The zero-order valence-corrected chi connectivity index (χ0v) is 13.5. The molecule has 1 aromatic carbocycles. The highest BCUT2D eigenvalue weighted by Crippen LogP contribution is 2.35. The second-order valence-electron chi connectivity index (χ2n) is 5.93. The molecule has 5 nitrogen and oxygen atoms in total. The number of benzene rings is 1. The fraction of sp³-hybridized carbons (Fsp3) is 0.562. The lowest BCUT2D eigenvalue weighted by Gasteiger charge is -2.34. The minimum atomic E-state index is 0.0171. The van der Waals surface area contributed by atoms with Crippen LogP contribution in [0.3, 0.4) is 0 Å². The summed E-state index contributed by atoms with van der Waals surface area (Å²) >= 11 is 0. The highest BCUT2D eigenvalue weighted by Gasteiger charge is 2.30. The summed E-state index contributed by atoms with van der Waals surface area (Å²) in [4.78, 5) is 16.4. The topological polar surface area (TPSA) is 44.8 Å². The third-order valence-corrected chi connectivity index (χ3v) is 3.92. The van der Waals surface area contributed by atoms with Crippen molar-refractivity contribution < 1.29 is 9.53 Å². The smallest absolute Gasteiger partial charge is 0.257 e. The van der Waals surface area contributed by atoms with E-state index in [2.05, 4.69) is 12.2 Å². The summed E-state index contributed by atoms with van der Waals surface area (Å²) in [5.41, 5.74) is 1.57. The molecule has 0 fully saturated rings. The molecule has 0 bridgehead atoms. The van der Waals surface area contributed by atoms with Crippen LogP contribution in [0, 0.1) is 5.92 Å². The lowest BCUT2D eigenvalue weighted by molar-refractivity contribution is 0.0638. The number of nitrogens with zero attached hydrogens (tertiary/aromatic N) is 2. The van der Waals surface area contributed by atoms with Gasteiger partial charge < -0.3 is 19.9 Å². The van der Waals surface area contributed by atoms with E-state index in [0.29, 0.717) is 17.9 Å². The Kier molecular flexibility index (Phi) is 4.73. The van der Waals surface area contributed by atoms with E-state index in [1.165, 1.54) is 0 Å². The Morgan fingerprint density at radius 3 is 2.76 bits per heavy atom. The van der Waals surface area contributed by atoms with Gasteiger partial charge in [-0.15, -0.1) is 0 Å². The molecule has 0 aromatic heterocycles. The largest absolute Gasteiger partial charge is 0.486 e. The number of rotatable bonds is 3. The highest BCUT2D eigenvalue weighted by atomic mass is 16.5. The van der Waals surface area contributed by atoms with E-state index in [1.54, 1.807) is 4.90 Å². The molecule has 0 saturated heterocycles. The summed E-state index contributed by atoms with van der Waals surface area (Å²) in [5, 5.41) is 3.18. The van der Waals surface area contributed by atoms with Gasteiger partial charge in [0.15, 0.2) is 5.75 Å². The fourth-order valence-electron chi connectivity index (χ4n) is 2.72. The molecule has 21 heavy (non-hydrogen) atoms. The first-order valence-corrected chi connectivity index (χ1v) is 7.32. The molecule has 1 heterocycles. The quantitative estimate of drug-likeness (QED) is 0.915. The van der Waals surface area contributed by atoms with E-state index in [-0.39, 0.29) is 17.9 Å². The Hall–Kier alpha value is -1.75.